The van der Waals surface area contributed by atoms with Crippen LogP contribution in [0.15, 0.2) is 0 Å². The van der Waals surface area contributed by atoms with Crippen molar-refractivity contribution in [2.45, 2.75) is 10.5 Å². The van der Waals surface area contributed by atoms with Gasteiger partial charge in [-0.3, -0.25) is 4.79 Å². The van der Waals surface area contributed by atoms with Crippen LogP contribution in [-0.4, -0.2) is 43.8 Å². The number of carbonyl (C=O) groups excluding carboxylic acids is 1. The number of methoxy groups -OCH3 is 1. The van der Waals surface area contributed by atoms with E-state index in [0.29, 0.717) is 18.9 Å². The summed E-state index contributed by atoms with van der Waals surface area (Å²) in [7, 11) is 3.07. The molecule has 1 heterocycles. The van der Waals surface area contributed by atoms with Crippen LogP contribution in [0.4, 0.5) is 0 Å². The van der Waals surface area contributed by atoms with E-state index in [9.17, 15) is 4.79 Å². The molecule has 7 nitrogen and oxygen atoms in total. The van der Waals surface area contributed by atoms with Crippen molar-refractivity contribution >= 4 is 28.6 Å². The quantitative estimate of drug-likeness (QED) is 0.437. The van der Waals surface area contributed by atoms with Gasteiger partial charge in [-0.25, -0.2) is 0 Å². The number of ether oxygens (including phenoxy) is 1. The molecule has 0 aliphatic rings. The van der Waals surface area contributed by atoms with Crippen molar-refractivity contribution in [3.8, 4) is 0 Å². The smallest absolute Gasteiger partial charge is 0.319 e. The Morgan fingerprint density at radius 2 is 2.47 bits per heavy atom. The first-order chi connectivity index (χ1) is 7.13. The van der Waals surface area contributed by atoms with Crippen LogP contribution in [0.1, 0.15) is 5.82 Å². The molecule has 84 valence electrons. The van der Waals surface area contributed by atoms with E-state index in [4.69, 9.17) is 0 Å². The first-order valence-corrected chi connectivity index (χ1v) is 5.53. The van der Waals surface area contributed by atoms with Crippen LogP contribution in [0.3, 0.4) is 0 Å². The largest absolute Gasteiger partial charge is 0.468 e. The van der Waals surface area contributed by atoms with Crippen LogP contribution < -0.4 is 5.32 Å². The molecule has 0 aromatic carbocycles. The third-order valence-corrected chi connectivity index (χ3v) is 2.56. The summed E-state index contributed by atoms with van der Waals surface area (Å²) in [5, 5.41) is 14.5. The molecule has 0 fully saturated rings. The first-order valence-electron chi connectivity index (χ1n) is 4.29. The molecule has 0 bridgehead atoms. The van der Waals surface area contributed by atoms with Gasteiger partial charge in [-0.15, -0.1) is 10.2 Å². The summed E-state index contributed by atoms with van der Waals surface area (Å²) in [5.41, 5.74) is 0. The first kappa shape index (κ1) is 12.3. The Hall–Kier alpha value is -0.770. The van der Waals surface area contributed by atoms with E-state index in [2.05, 4.69) is 25.5 Å². The molecule has 0 amide bonds. The summed E-state index contributed by atoms with van der Waals surface area (Å²) in [5.74, 6) is 0.362. The van der Waals surface area contributed by atoms with Crippen molar-refractivity contribution in [3.05, 3.63) is 5.82 Å². The molecule has 0 saturated carbocycles. The number of aromatic nitrogens is 4. The zero-order chi connectivity index (χ0) is 11.3. The second-order valence-electron chi connectivity index (χ2n) is 2.82. The molecule has 15 heavy (non-hydrogen) atoms. The maximum absolute atomic E-state index is 11.0. The highest BCUT2D eigenvalue weighted by molar-refractivity contribution is 14.1. The maximum atomic E-state index is 11.0. The molecule has 0 aliphatic carbocycles. The second kappa shape index (κ2) is 5.95. The number of hydrogen-bond donors (Lipinski definition) is 1. The van der Waals surface area contributed by atoms with Gasteiger partial charge in [0.2, 0.25) is 0 Å². The van der Waals surface area contributed by atoms with Gasteiger partial charge in [-0.05, 0) is 5.21 Å². The van der Waals surface area contributed by atoms with Crippen LogP contribution in [0, 0.1) is 0 Å². The third-order valence-electron chi connectivity index (χ3n) is 1.61. The third kappa shape index (κ3) is 4.08. The molecular weight excluding hydrogens is 313 g/mol. The van der Waals surface area contributed by atoms with Crippen molar-refractivity contribution < 1.29 is 9.53 Å². The molecule has 0 saturated heterocycles. The van der Waals surface area contributed by atoms with Gasteiger partial charge >= 0.3 is 5.97 Å². The molecule has 1 unspecified atom stereocenters. The molecule has 0 aliphatic heterocycles. The lowest BCUT2D eigenvalue weighted by Gasteiger charge is -2.07. The van der Waals surface area contributed by atoms with Crippen LogP contribution >= 0.6 is 22.6 Å². The standard InChI is InChI=1S/C7H12IN5O2/c1-13-11-6(10-12-13)4-9-3-5(8)7(14)15-2/h5,9H,3-4H2,1-2H3. The molecule has 1 aromatic heterocycles. The van der Waals surface area contributed by atoms with Gasteiger partial charge in [0.05, 0.1) is 20.7 Å². The summed E-state index contributed by atoms with van der Waals surface area (Å²) in [6.45, 7) is 1.01. The summed E-state index contributed by atoms with van der Waals surface area (Å²) < 4.78 is 4.38. The van der Waals surface area contributed by atoms with Crippen LogP contribution in [0.5, 0.6) is 0 Å². The fourth-order valence-electron chi connectivity index (χ4n) is 0.916. The minimum atomic E-state index is -0.241. The highest BCUT2D eigenvalue weighted by Crippen LogP contribution is 2.00. The van der Waals surface area contributed by atoms with Gasteiger partial charge in [0.1, 0.15) is 3.92 Å². The number of nitrogens with zero attached hydrogens (tertiary/aromatic N) is 4. The normalized spacial score (nSPS) is 12.5. The number of carbonyl (C=O) groups is 1. The molecule has 1 atom stereocenters. The molecule has 1 aromatic rings. The topological polar surface area (TPSA) is 81.9 Å². The Labute approximate surface area is 101 Å². The van der Waals surface area contributed by atoms with E-state index in [-0.39, 0.29) is 9.89 Å². The Balaban J connectivity index is 2.24. The number of rotatable bonds is 5. The van der Waals surface area contributed by atoms with Gasteiger partial charge in [0.15, 0.2) is 5.82 Å². The zero-order valence-corrected chi connectivity index (χ0v) is 10.6. The number of alkyl halides is 1. The Bertz CT molecular complexity index is 329. The van der Waals surface area contributed by atoms with Gasteiger partial charge in [-0.1, -0.05) is 22.6 Å². The summed E-state index contributed by atoms with van der Waals surface area (Å²) in [6, 6.07) is 0. The second-order valence-corrected chi connectivity index (χ2v) is 4.32. The molecule has 0 radical (unpaired) electrons. The predicted octanol–water partition coefficient (Wildman–Crippen LogP) is -0.724. The van der Waals surface area contributed by atoms with Crippen LogP contribution in [-0.2, 0) is 23.1 Å². The minimum Gasteiger partial charge on any atom is -0.468 e. The van der Waals surface area contributed by atoms with Crippen molar-refractivity contribution in [3.63, 3.8) is 0 Å². The van der Waals surface area contributed by atoms with Gasteiger partial charge in [-0.2, -0.15) is 4.80 Å². The lowest BCUT2D eigenvalue weighted by molar-refractivity contribution is -0.139. The van der Waals surface area contributed by atoms with E-state index in [1.165, 1.54) is 11.9 Å². The van der Waals surface area contributed by atoms with E-state index in [1.807, 2.05) is 22.6 Å². The van der Waals surface area contributed by atoms with E-state index in [1.54, 1.807) is 7.05 Å². The number of nitrogens with one attached hydrogen (secondary N) is 1. The van der Waals surface area contributed by atoms with Crippen molar-refractivity contribution in [1.82, 2.24) is 25.5 Å². The van der Waals surface area contributed by atoms with Crippen LogP contribution in [0.25, 0.3) is 0 Å². The van der Waals surface area contributed by atoms with E-state index < -0.39 is 0 Å². The molecule has 0 spiro atoms. The number of esters is 1. The average molecular weight is 325 g/mol. The van der Waals surface area contributed by atoms with Crippen LogP contribution in [0.2, 0.25) is 0 Å². The highest BCUT2D eigenvalue weighted by Gasteiger charge is 2.14. The molecule has 8 heteroatoms. The molecular formula is C7H12IN5O2. The Morgan fingerprint density at radius 3 is 3.00 bits per heavy atom. The van der Waals surface area contributed by atoms with Crippen molar-refractivity contribution in [2.24, 2.45) is 7.05 Å². The fraction of sp³-hybridized carbons (Fsp3) is 0.714. The van der Waals surface area contributed by atoms with E-state index >= 15 is 0 Å². The molecule has 1 rings (SSSR count). The van der Waals surface area contributed by atoms with Gasteiger partial charge in [0.25, 0.3) is 0 Å². The van der Waals surface area contributed by atoms with Crippen molar-refractivity contribution in [2.75, 3.05) is 13.7 Å². The fourth-order valence-corrected chi connectivity index (χ4v) is 1.48. The van der Waals surface area contributed by atoms with Gasteiger partial charge in [0, 0.05) is 6.54 Å². The number of halogens is 1. The summed E-state index contributed by atoms with van der Waals surface area (Å²) >= 11 is 2.02. The summed E-state index contributed by atoms with van der Waals surface area (Å²) in [4.78, 5) is 12.4. The summed E-state index contributed by atoms with van der Waals surface area (Å²) in [6.07, 6.45) is 0. The lowest BCUT2D eigenvalue weighted by atomic mass is 10.4. The monoisotopic (exact) mass is 325 g/mol. The minimum absolute atomic E-state index is 0.204. The molecule has 1 N–H and O–H groups in total. The maximum Gasteiger partial charge on any atom is 0.319 e. The van der Waals surface area contributed by atoms with E-state index in [0.717, 1.165) is 0 Å². The number of aryl methyl sites for hydroxylation is 1. The SMILES string of the molecule is COC(=O)C(I)CNCc1nnn(C)n1. The predicted molar refractivity (Wildman–Crippen MR) is 60.3 cm³/mol. The zero-order valence-electron chi connectivity index (χ0n) is 8.47. The average Bonchev–Trinajstić information content (AvgIpc) is 2.63. The van der Waals surface area contributed by atoms with Gasteiger partial charge < -0.3 is 10.1 Å². The number of tetrazole rings is 1. The lowest BCUT2D eigenvalue weighted by Crippen LogP contribution is -2.29. The Morgan fingerprint density at radius 1 is 1.73 bits per heavy atom. The Kier molecular flexibility index (Phi) is 4.88. The van der Waals surface area contributed by atoms with Crippen molar-refractivity contribution in [1.29, 1.82) is 0 Å². The highest BCUT2D eigenvalue weighted by atomic mass is 127. The number of hydrogen-bond acceptors (Lipinski definition) is 6.